The Bertz CT molecular complexity index is 716. The predicted molar refractivity (Wildman–Crippen MR) is 111 cm³/mol. The summed E-state index contributed by atoms with van der Waals surface area (Å²) in [7, 11) is 0. The van der Waals surface area contributed by atoms with E-state index >= 15 is 0 Å². The Morgan fingerprint density at radius 2 is 0.969 bits per heavy atom. The van der Waals surface area contributed by atoms with Gasteiger partial charge in [0.1, 0.15) is 48.8 Å². The van der Waals surface area contributed by atoms with Crippen LogP contribution in [0, 0.1) is 13.8 Å². The maximum absolute atomic E-state index is 10.3. The van der Waals surface area contributed by atoms with Gasteiger partial charge in [0, 0.05) is 0 Å². The molecule has 0 aromatic heterocycles. The molecule has 0 radical (unpaired) electrons. The van der Waals surface area contributed by atoms with Crippen molar-refractivity contribution in [3.05, 3.63) is 23.3 Å². The van der Waals surface area contributed by atoms with Gasteiger partial charge in [-0.05, 0) is 37.1 Å². The fourth-order valence-corrected chi connectivity index (χ4v) is 3.80. The smallest absolute Gasteiger partial charge is 0.157 e. The van der Waals surface area contributed by atoms with E-state index in [-0.39, 0.29) is 0 Å². The van der Waals surface area contributed by atoms with Gasteiger partial charge in [-0.25, -0.2) is 0 Å². The minimum absolute atomic E-state index is 0.370. The first-order valence-electron chi connectivity index (χ1n) is 10.3. The molecule has 0 bridgehead atoms. The van der Waals surface area contributed by atoms with Gasteiger partial charge >= 0.3 is 0 Å². The van der Waals surface area contributed by atoms with Crippen molar-refractivity contribution in [2.75, 3.05) is 23.8 Å². The van der Waals surface area contributed by atoms with Crippen LogP contribution in [0.5, 0.6) is 0 Å². The molecule has 0 saturated carbocycles. The lowest BCUT2D eigenvalue weighted by molar-refractivity contribution is -0.222. The molecule has 2 saturated heterocycles. The third-order valence-electron chi connectivity index (χ3n) is 6.01. The summed E-state index contributed by atoms with van der Waals surface area (Å²) in [5, 5.41) is 85.3. The highest BCUT2D eigenvalue weighted by Gasteiger charge is 2.45. The second-order valence-corrected chi connectivity index (χ2v) is 8.27. The third kappa shape index (κ3) is 4.84. The lowest BCUT2D eigenvalue weighted by Crippen LogP contribution is -2.61. The molecule has 182 valence electrons. The lowest BCUT2D eigenvalue weighted by Gasteiger charge is -2.42. The van der Waals surface area contributed by atoms with E-state index in [2.05, 4.69) is 10.6 Å². The molecule has 2 aliphatic heterocycles. The second-order valence-electron chi connectivity index (χ2n) is 8.27. The highest BCUT2D eigenvalue weighted by molar-refractivity contribution is 5.71. The molecule has 2 heterocycles. The van der Waals surface area contributed by atoms with Crippen LogP contribution in [0.2, 0.25) is 0 Å². The Hall–Kier alpha value is -1.58. The molecule has 0 spiro atoms. The lowest BCUT2D eigenvalue weighted by atomic mass is 9.97. The summed E-state index contributed by atoms with van der Waals surface area (Å²) in [5.41, 5.74) is 2.46. The zero-order valence-electron chi connectivity index (χ0n) is 17.7. The minimum atomic E-state index is -1.56. The van der Waals surface area contributed by atoms with Crippen molar-refractivity contribution in [3.63, 3.8) is 0 Å². The average molecular weight is 460 g/mol. The highest BCUT2D eigenvalue weighted by atomic mass is 16.6. The van der Waals surface area contributed by atoms with Crippen molar-refractivity contribution in [1.29, 1.82) is 0 Å². The van der Waals surface area contributed by atoms with Crippen molar-refractivity contribution in [1.82, 2.24) is 0 Å². The van der Waals surface area contributed by atoms with E-state index in [1.807, 2.05) is 13.8 Å². The number of hydrogen-bond donors (Lipinski definition) is 10. The number of aliphatic hydroxyl groups excluding tert-OH is 8. The van der Waals surface area contributed by atoms with E-state index in [9.17, 15) is 40.9 Å². The first-order chi connectivity index (χ1) is 15.1. The third-order valence-corrected chi connectivity index (χ3v) is 6.01. The van der Waals surface area contributed by atoms with Crippen LogP contribution in [-0.4, -0.2) is 115 Å². The number of hydrogen-bond acceptors (Lipinski definition) is 12. The van der Waals surface area contributed by atoms with Crippen molar-refractivity contribution in [2.45, 2.75) is 75.1 Å². The minimum Gasteiger partial charge on any atom is -0.394 e. The van der Waals surface area contributed by atoms with E-state index < -0.39 is 74.5 Å². The first kappa shape index (κ1) is 25.1. The number of rotatable bonds is 6. The number of aryl methyl sites for hydroxylation is 2. The van der Waals surface area contributed by atoms with Crippen molar-refractivity contribution < 1.29 is 50.3 Å². The molecule has 2 aliphatic rings. The first-order valence-corrected chi connectivity index (χ1v) is 10.3. The molecule has 32 heavy (non-hydrogen) atoms. The predicted octanol–water partition coefficient (Wildman–Crippen LogP) is -3.27. The highest BCUT2D eigenvalue weighted by Crippen LogP contribution is 2.32. The van der Waals surface area contributed by atoms with Gasteiger partial charge in [0.2, 0.25) is 0 Å². The summed E-state index contributed by atoms with van der Waals surface area (Å²) >= 11 is 0. The van der Waals surface area contributed by atoms with Crippen LogP contribution in [0.15, 0.2) is 12.1 Å². The van der Waals surface area contributed by atoms with E-state index in [4.69, 9.17) is 9.47 Å². The zero-order valence-corrected chi connectivity index (χ0v) is 17.7. The van der Waals surface area contributed by atoms with Gasteiger partial charge in [0.05, 0.1) is 24.6 Å². The van der Waals surface area contributed by atoms with Gasteiger partial charge in [-0.1, -0.05) is 0 Å². The molecule has 2 fully saturated rings. The summed E-state index contributed by atoms with van der Waals surface area (Å²) in [6.07, 6.45) is -13.7. The summed E-state index contributed by atoms with van der Waals surface area (Å²) in [6, 6.07) is 3.42. The van der Waals surface area contributed by atoms with Crippen molar-refractivity contribution in [2.24, 2.45) is 0 Å². The molecular formula is C20H32N2O10. The molecule has 3 rings (SSSR count). The van der Waals surface area contributed by atoms with E-state index in [0.29, 0.717) is 11.4 Å². The second kappa shape index (κ2) is 10.1. The van der Waals surface area contributed by atoms with Crippen LogP contribution >= 0.6 is 0 Å². The largest absolute Gasteiger partial charge is 0.394 e. The van der Waals surface area contributed by atoms with Gasteiger partial charge in [0.25, 0.3) is 0 Å². The Labute approximate surface area is 184 Å². The Kier molecular flexibility index (Phi) is 7.93. The van der Waals surface area contributed by atoms with Crippen LogP contribution < -0.4 is 10.6 Å². The molecule has 10 N–H and O–H groups in total. The van der Waals surface area contributed by atoms with Gasteiger partial charge < -0.3 is 61.0 Å². The van der Waals surface area contributed by atoms with Gasteiger partial charge in [-0.15, -0.1) is 0 Å². The van der Waals surface area contributed by atoms with Crippen LogP contribution in [-0.2, 0) is 9.47 Å². The van der Waals surface area contributed by atoms with Crippen LogP contribution in [0.25, 0.3) is 0 Å². The van der Waals surface area contributed by atoms with Crippen molar-refractivity contribution >= 4 is 11.4 Å². The molecule has 1 aromatic rings. The average Bonchev–Trinajstić information content (AvgIpc) is 2.77. The molecule has 0 aliphatic carbocycles. The number of benzene rings is 1. The Balaban J connectivity index is 1.86. The fraction of sp³-hybridized carbons (Fsp3) is 0.700. The molecule has 12 heteroatoms. The van der Waals surface area contributed by atoms with Gasteiger partial charge in [0.15, 0.2) is 12.5 Å². The molecule has 12 nitrogen and oxygen atoms in total. The Morgan fingerprint density at radius 1 is 0.625 bits per heavy atom. The number of nitrogens with one attached hydrogen (secondary N) is 2. The maximum atomic E-state index is 10.3. The molecular weight excluding hydrogens is 428 g/mol. The quantitative estimate of drug-likeness (QED) is 0.203. The maximum Gasteiger partial charge on any atom is 0.157 e. The SMILES string of the molecule is Cc1cc(N[C@@H]2O[C@@H](CO)[C@@H](O)[C@@H](O)[C@H]2O)c(N[C@@H]2O[C@@H](CO)[C@@H](O)[C@@H](O)[C@H]2O)cc1C. The molecule has 10 atom stereocenters. The summed E-state index contributed by atoms with van der Waals surface area (Å²) < 4.78 is 11.0. The number of aliphatic hydroxyl groups is 8. The molecule has 0 amide bonds. The Morgan fingerprint density at radius 3 is 1.28 bits per heavy atom. The van der Waals surface area contributed by atoms with Crippen molar-refractivity contribution in [3.8, 4) is 0 Å². The number of ether oxygens (including phenoxy) is 2. The van der Waals surface area contributed by atoms with E-state index in [1.54, 1.807) is 12.1 Å². The van der Waals surface area contributed by atoms with Crippen LogP contribution in [0.4, 0.5) is 11.4 Å². The van der Waals surface area contributed by atoms with Crippen LogP contribution in [0.1, 0.15) is 11.1 Å². The van der Waals surface area contributed by atoms with E-state index in [1.165, 1.54) is 0 Å². The summed E-state index contributed by atoms with van der Waals surface area (Å²) in [6.45, 7) is 2.52. The monoisotopic (exact) mass is 460 g/mol. The number of anilines is 2. The fourth-order valence-electron chi connectivity index (χ4n) is 3.80. The summed E-state index contributed by atoms with van der Waals surface area (Å²) in [5.74, 6) is 0. The topological polar surface area (TPSA) is 204 Å². The molecule has 1 aromatic carbocycles. The zero-order chi connectivity index (χ0) is 23.7. The van der Waals surface area contributed by atoms with Crippen LogP contribution in [0.3, 0.4) is 0 Å². The van der Waals surface area contributed by atoms with Gasteiger partial charge in [-0.3, -0.25) is 0 Å². The van der Waals surface area contributed by atoms with Gasteiger partial charge in [-0.2, -0.15) is 0 Å². The normalized spacial score (nSPS) is 40.2. The van der Waals surface area contributed by atoms with E-state index in [0.717, 1.165) is 11.1 Å². The summed E-state index contributed by atoms with van der Waals surface area (Å²) in [4.78, 5) is 0. The molecule has 0 unspecified atom stereocenters. The standard InChI is InChI=1S/C20H32N2O10/c1-7-3-9(21-19-17(29)15(27)13(25)11(5-23)31-19)10(4-8(7)2)22-20-18(30)16(28)14(26)12(6-24)32-20/h3-4,11-30H,5-6H2,1-2H3/t11-,12-,13+,14+,15+,16+,17+,18+,19+,20+/m0/s1.